The summed E-state index contributed by atoms with van der Waals surface area (Å²) in [7, 11) is 1.63. The molecule has 0 N–H and O–H groups in total. The Kier molecular flexibility index (Phi) is 3.54. The number of hydrogen-bond acceptors (Lipinski definition) is 4. The number of esters is 1. The van der Waals surface area contributed by atoms with Crippen LogP contribution in [0.25, 0.3) is 0 Å². The minimum absolute atomic E-state index is 0.313. The SMILES string of the molecule is CCOC(=O)C1OC1(C)c1c(C)cc(C)cc1OC. The third-order valence-electron chi connectivity index (χ3n) is 3.47. The van der Waals surface area contributed by atoms with Crippen LogP contribution in [0.15, 0.2) is 12.1 Å². The van der Waals surface area contributed by atoms with Gasteiger partial charge in [-0.2, -0.15) is 0 Å². The maximum atomic E-state index is 11.8. The first-order valence-electron chi connectivity index (χ1n) is 6.44. The fourth-order valence-electron chi connectivity index (χ4n) is 2.62. The van der Waals surface area contributed by atoms with E-state index < -0.39 is 11.7 Å². The summed E-state index contributed by atoms with van der Waals surface area (Å²) < 4.78 is 16.1. The van der Waals surface area contributed by atoms with Crippen LogP contribution in [0.4, 0.5) is 0 Å². The molecule has 1 aliphatic rings. The molecule has 1 aromatic carbocycles. The van der Waals surface area contributed by atoms with Gasteiger partial charge < -0.3 is 14.2 Å². The summed E-state index contributed by atoms with van der Waals surface area (Å²) in [5.41, 5.74) is 2.47. The fraction of sp³-hybridized carbons (Fsp3) is 0.533. The van der Waals surface area contributed by atoms with Crippen LogP contribution in [-0.2, 0) is 19.9 Å². The molecule has 1 fully saturated rings. The van der Waals surface area contributed by atoms with Gasteiger partial charge in [0, 0.05) is 5.56 Å². The van der Waals surface area contributed by atoms with Crippen molar-refractivity contribution in [3.05, 3.63) is 28.8 Å². The summed E-state index contributed by atoms with van der Waals surface area (Å²) in [6, 6.07) is 4.02. The van der Waals surface area contributed by atoms with Gasteiger partial charge in [0.1, 0.15) is 11.4 Å². The Morgan fingerprint density at radius 1 is 1.42 bits per heavy atom. The first-order chi connectivity index (χ1) is 8.93. The molecule has 1 heterocycles. The molecule has 0 aromatic heterocycles. The van der Waals surface area contributed by atoms with Crippen molar-refractivity contribution in [1.29, 1.82) is 0 Å². The van der Waals surface area contributed by atoms with Crippen molar-refractivity contribution in [2.45, 2.75) is 39.4 Å². The van der Waals surface area contributed by atoms with Gasteiger partial charge in [0.05, 0.1) is 13.7 Å². The Balaban J connectivity index is 2.36. The second-order valence-corrected chi connectivity index (χ2v) is 5.02. The van der Waals surface area contributed by atoms with Crippen LogP contribution in [0.3, 0.4) is 0 Å². The van der Waals surface area contributed by atoms with Crippen molar-refractivity contribution in [3.63, 3.8) is 0 Å². The van der Waals surface area contributed by atoms with Crippen LogP contribution in [0.5, 0.6) is 5.75 Å². The van der Waals surface area contributed by atoms with Gasteiger partial charge in [0.25, 0.3) is 0 Å². The minimum atomic E-state index is -0.643. The number of carbonyl (C=O) groups is 1. The number of methoxy groups -OCH3 is 1. The highest BCUT2D eigenvalue weighted by Gasteiger charge is 2.61. The average Bonchev–Trinajstić information content (AvgIpc) is 3.01. The zero-order chi connectivity index (χ0) is 14.2. The molecule has 0 aliphatic carbocycles. The largest absolute Gasteiger partial charge is 0.496 e. The standard InChI is InChI=1S/C15H20O4/c1-6-18-14(16)13-15(4,19-13)12-10(3)7-9(2)8-11(12)17-5/h7-8,13H,6H2,1-5H3. The molecule has 0 bridgehead atoms. The van der Waals surface area contributed by atoms with Crippen LogP contribution >= 0.6 is 0 Å². The lowest BCUT2D eigenvalue weighted by molar-refractivity contribution is -0.144. The first-order valence-corrected chi connectivity index (χ1v) is 6.44. The number of ether oxygens (including phenoxy) is 3. The molecule has 2 rings (SSSR count). The Bertz CT molecular complexity index is 509. The third-order valence-corrected chi connectivity index (χ3v) is 3.47. The fourth-order valence-corrected chi connectivity index (χ4v) is 2.62. The van der Waals surface area contributed by atoms with Gasteiger partial charge in [-0.15, -0.1) is 0 Å². The topological polar surface area (TPSA) is 48.1 Å². The summed E-state index contributed by atoms with van der Waals surface area (Å²) in [5, 5.41) is 0. The lowest BCUT2D eigenvalue weighted by Crippen LogP contribution is -2.20. The quantitative estimate of drug-likeness (QED) is 0.619. The zero-order valence-corrected chi connectivity index (χ0v) is 12.1. The van der Waals surface area contributed by atoms with Gasteiger partial charge in [0.2, 0.25) is 0 Å². The van der Waals surface area contributed by atoms with E-state index in [-0.39, 0.29) is 5.97 Å². The molecule has 4 nitrogen and oxygen atoms in total. The first kappa shape index (κ1) is 13.9. The Morgan fingerprint density at radius 2 is 2.11 bits per heavy atom. The van der Waals surface area contributed by atoms with Crippen molar-refractivity contribution in [2.75, 3.05) is 13.7 Å². The van der Waals surface area contributed by atoms with E-state index in [1.807, 2.05) is 26.8 Å². The molecule has 0 saturated carbocycles. The molecular formula is C15H20O4. The zero-order valence-electron chi connectivity index (χ0n) is 12.1. The minimum Gasteiger partial charge on any atom is -0.496 e. The van der Waals surface area contributed by atoms with Crippen LogP contribution < -0.4 is 4.74 Å². The van der Waals surface area contributed by atoms with Gasteiger partial charge in [-0.1, -0.05) is 6.07 Å². The number of hydrogen-bond donors (Lipinski definition) is 0. The molecule has 0 spiro atoms. The number of carbonyl (C=O) groups excluding carboxylic acids is 1. The number of aryl methyl sites for hydroxylation is 2. The van der Waals surface area contributed by atoms with Gasteiger partial charge >= 0.3 is 5.97 Å². The molecule has 1 aromatic rings. The molecule has 0 radical (unpaired) electrons. The van der Waals surface area contributed by atoms with E-state index in [2.05, 4.69) is 6.07 Å². The summed E-state index contributed by atoms with van der Waals surface area (Å²) >= 11 is 0. The maximum Gasteiger partial charge on any atom is 0.338 e. The van der Waals surface area contributed by atoms with Crippen LogP contribution in [0, 0.1) is 13.8 Å². The molecule has 1 saturated heterocycles. The summed E-state index contributed by atoms with van der Waals surface area (Å²) in [5.74, 6) is 0.443. The van der Waals surface area contributed by atoms with Crippen molar-refractivity contribution in [2.24, 2.45) is 0 Å². The van der Waals surface area contributed by atoms with E-state index in [1.54, 1.807) is 14.0 Å². The monoisotopic (exact) mass is 264 g/mol. The number of rotatable bonds is 4. The van der Waals surface area contributed by atoms with E-state index in [4.69, 9.17) is 14.2 Å². The highest BCUT2D eigenvalue weighted by Crippen LogP contribution is 2.51. The molecule has 0 amide bonds. The average molecular weight is 264 g/mol. The molecule has 4 heteroatoms. The van der Waals surface area contributed by atoms with Gasteiger partial charge in [-0.05, 0) is 44.9 Å². The summed E-state index contributed by atoms with van der Waals surface area (Å²) in [6.07, 6.45) is -0.539. The smallest absolute Gasteiger partial charge is 0.338 e. The van der Waals surface area contributed by atoms with Gasteiger partial charge in [-0.3, -0.25) is 0 Å². The van der Waals surface area contributed by atoms with Gasteiger partial charge in [0.15, 0.2) is 6.10 Å². The van der Waals surface area contributed by atoms with Crippen LogP contribution in [0.1, 0.15) is 30.5 Å². The van der Waals surface area contributed by atoms with Crippen molar-refractivity contribution < 1.29 is 19.0 Å². The highest BCUT2D eigenvalue weighted by molar-refractivity contribution is 5.80. The van der Waals surface area contributed by atoms with E-state index >= 15 is 0 Å². The normalized spacial score (nSPS) is 25.0. The van der Waals surface area contributed by atoms with E-state index in [0.29, 0.717) is 6.61 Å². The van der Waals surface area contributed by atoms with E-state index in [9.17, 15) is 4.79 Å². The molecule has 1 aliphatic heterocycles. The second-order valence-electron chi connectivity index (χ2n) is 5.02. The van der Waals surface area contributed by atoms with Crippen LogP contribution in [0.2, 0.25) is 0 Å². The molecule has 19 heavy (non-hydrogen) atoms. The lowest BCUT2D eigenvalue weighted by Gasteiger charge is -2.16. The predicted octanol–water partition coefficient (Wildman–Crippen LogP) is 2.49. The maximum absolute atomic E-state index is 11.8. The summed E-state index contributed by atoms with van der Waals surface area (Å²) in [4.78, 5) is 11.8. The van der Waals surface area contributed by atoms with Gasteiger partial charge in [-0.25, -0.2) is 4.79 Å². The van der Waals surface area contributed by atoms with Crippen molar-refractivity contribution >= 4 is 5.97 Å². The Labute approximate surface area is 113 Å². The van der Waals surface area contributed by atoms with E-state index in [1.165, 1.54) is 0 Å². The van der Waals surface area contributed by atoms with Crippen molar-refractivity contribution in [3.8, 4) is 5.75 Å². The predicted molar refractivity (Wildman–Crippen MR) is 71.3 cm³/mol. The highest BCUT2D eigenvalue weighted by atomic mass is 16.7. The molecule has 2 atom stereocenters. The Morgan fingerprint density at radius 3 is 2.68 bits per heavy atom. The molecular weight excluding hydrogens is 244 g/mol. The lowest BCUT2D eigenvalue weighted by atomic mass is 9.91. The molecule has 104 valence electrons. The summed E-state index contributed by atoms with van der Waals surface area (Å²) in [6.45, 7) is 8.06. The number of benzene rings is 1. The number of epoxide rings is 1. The van der Waals surface area contributed by atoms with E-state index in [0.717, 1.165) is 22.4 Å². The molecule has 2 unspecified atom stereocenters. The van der Waals surface area contributed by atoms with Crippen LogP contribution in [-0.4, -0.2) is 25.8 Å². The van der Waals surface area contributed by atoms with Crippen molar-refractivity contribution in [1.82, 2.24) is 0 Å². The third kappa shape index (κ3) is 2.32. The second kappa shape index (κ2) is 4.85. The Hall–Kier alpha value is -1.55.